The molecule has 2 aromatic rings. The number of hydrogen-bond donors (Lipinski definition) is 1. The molecule has 4 nitrogen and oxygen atoms in total. The van der Waals surface area contributed by atoms with Crippen molar-refractivity contribution in [3.63, 3.8) is 0 Å². The number of fused-ring (bicyclic) bond motifs is 1. The third-order valence-electron chi connectivity index (χ3n) is 2.82. The summed E-state index contributed by atoms with van der Waals surface area (Å²) in [5.74, 6) is 0. The number of aromatic nitrogens is 2. The first-order valence-corrected chi connectivity index (χ1v) is 6.39. The first-order chi connectivity index (χ1) is 8.72. The molecule has 0 amide bonds. The normalized spacial score (nSPS) is 11.2. The highest BCUT2D eigenvalue weighted by molar-refractivity contribution is 7.71. The van der Waals surface area contributed by atoms with Crippen LogP contribution in [0.4, 0.5) is 0 Å². The van der Waals surface area contributed by atoms with Crippen molar-refractivity contribution in [1.29, 1.82) is 0 Å². The maximum atomic E-state index is 5.48. The predicted molar refractivity (Wildman–Crippen MR) is 74.6 cm³/mol. The molecule has 0 aliphatic heterocycles. The van der Waals surface area contributed by atoms with Crippen molar-refractivity contribution < 1.29 is 9.47 Å². The van der Waals surface area contributed by atoms with Crippen LogP contribution in [0.3, 0.4) is 0 Å². The molecule has 0 radical (unpaired) electrons. The molecule has 98 valence electrons. The molecule has 0 bridgehead atoms. The number of ether oxygens (including phenoxy) is 2. The summed E-state index contributed by atoms with van der Waals surface area (Å²) in [7, 11) is 1.67. The van der Waals surface area contributed by atoms with Crippen LogP contribution in [0.15, 0.2) is 18.2 Å². The summed E-state index contributed by atoms with van der Waals surface area (Å²) in [5.41, 5.74) is 3.43. The third-order valence-corrected chi connectivity index (χ3v) is 3.14. The zero-order chi connectivity index (χ0) is 13.0. The zero-order valence-electron chi connectivity index (χ0n) is 10.7. The van der Waals surface area contributed by atoms with Crippen LogP contribution in [0.5, 0.6) is 0 Å². The largest absolute Gasteiger partial charge is 0.382 e. The van der Waals surface area contributed by atoms with Crippen LogP contribution in [-0.2, 0) is 16.0 Å². The van der Waals surface area contributed by atoms with Gasteiger partial charge in [0.05, 0.1) is 30.9 Å². The Morgan fingerprint density at radius 2 is 2.11 bits per heavy atom. The van der Waals surface area contributed by atoms with Crippen LogP contribution < -0.4 is 0 Å². The van der Waals surface area contributed by atoms with Gasteiger partial charge in [-0.3, -0.25) is 0 Å². The average molecular weight is 266 g/mol. The molecule has 1 aromatic carbocycles. The molecule has 0 saturated carbocycles. The molecule has 0 saturated heterocycles. The Balaban J connectivity index is 2.10. The van der Waals surface area contributed by atoms with Crippen LogP contribution in [-0.4, -0.2) is 36.5 Å². The molecule has 1 N–H and O–H groups in total. The predicted octanol–water partition coefficient (Wildman–Crippen LogP) is 2.67. The Morgan fingerprint density at radius 1 is 1.28 bits per heavy atom. The second-order valence-corrected chi connectivity index (χ2v) is 4.59. The van der Waals surface area contributed by atoms with Crippen LogP contribution in [0, 0.1) is 11.7 Å². The molecular formula is C13H18N2O2S. The van der Waals surface area contributed by atoms with E-state index in [0.717, 1.165) is 22.3 Å². The first kappa shape index (κ1) is 13.3. The number of nitrogens with zero attached hydrogens (tertiary/aromatic N) is 1. The van der Waals surface area contributed by atoms with Gasteiger partial charge >= 0.3 is 0 Å². The van der Waals surface area contributed by atoms with Crippen LogP contribution in [0.25, 0.3) is 11.0 Å². The number of rotatable bonds is 6. The van der Waals surface area contributed by atoms with E-state index in [0.29, 0.717) is 19.8 Å². The first-order valence-electron chi connectivity index (χ1n) is 5.98. The molecule has 18 heavy (non-hydrogen) atoms. The summed E-state index contributed by atoms with van der Waals surface area (Å²) in [6.07, 6.45) is 0. The molecule has 0 fully saturated rings. The van der Waals surface area contributed by atoms with Crippen LogP contribution >= 0.6 is 12.2 Å². The van der Waals surface area contributed by atoms with Crippen molar-refractivity contribution >= 4 is 23.3 Å². The molecule has 2 rings (SSSR count). The maximum Gasteiger partial charge on any atom is 0.178 e. The van der Waals surface area contributed by atoms with Gasteiger partial charge in [-0.2, -0.15) is 0 Å². The van der Waals surface area contributed by atoms with E-state index < -0.39 is 0 Å². The molecule has 0 aliphatic rings. The smallest absolute Gasteiger partial charge is 0.178 e. The lowest BCUT2D eigenvalue weighted by atomic mass is 10.2. The van der Waals surface area contributed by atoms with Gasteiger partial charge in [0.25, 0.3) is 0 Å². The van der Waals surface area contributed by atoms with E-state index in [2.05, 4.69) is 34.7 Å². The molecular weight excluding hydrogens is 248 g/mol. The quantitative estimate of drug-likeness (QED) is 0.645. The van der Waals surface area contributed by atoms with E-state index in [1.807, 2.05) is 0 Å². The Labute approximate surface area is 112 Å². The van der Waals surface area contributed by atoms with Gasteiger partial charge in [-0.25, -0.2) is 0 Å². The van der Waals surface area contributed by atoms with E-state index in [1.165, 1.54) is 5.56 Å². The third kappa shape index (κ3) is 2.98. The van der Waals surface area contributed by atoms with Gasteiger partial charge in [0.2, 0.25) is 0 Å². The molecule has 1 aromatic heterocycles. The Morgan fingerprint density at radius 3 is 2.89 bits per heavy atom. The number of nitrogens with one attached hydrogen (secondary N) is 1. The van der Waals surface area contributed by atoms with Gasteiger partial charge in [-0.15, -0.1) is 0 Å². The van der Waals surface area contributed by atoms with E-state index in [9.17, 15) is 0 Å². The highest BCUT2D eigenvalue weighted by Gasteiger charge is 2.04. The van der Waals surface area contributed by atoms with Crippen molar-refractivity contribution in [3.05, 3.63) is 28.5 Å². The number of H-pyrrole nitrogens is 1. The fourth-order valence-corrected chi connectivity index (χ4v) is 2.18. The maximum absolute atomic E-state index is 5.48. The van der Waals surface area contributed by atoms with Crippen molar-refractivity contribution in [1.82, 2.24) is 9.55 Å². The SMILES string of the molecule is COCCOCCn1c(=S)[nH]c2ccc(C)cc21. The van der Waals surface area contributed by atoms with Gasteiger partial charge in [0.1, 0.15) is 0 Å². The highest BCUT2D eigenvalue weighted by Crippen LogP contribution is 2.15. The summed E-state index contributed by atoms with van der Waals surface area (Å²) in [6.45, 7) is 4.71. The highest BCUT2D eigenvalue weighted by atomic mass is 32.1. The van der Waals surface area contributed by atoms with Crippen molar-refractivity contribution in [2.24, 2.45) is 0 Å². The number of aromatic amines is 1. The molecule has 5 heteroatoms. The van der Waals surface area contributed by atoms with E-state index >= 15 is 0 Å². The van der Waals surface area contributed by atoms with E-state index in [-0.39, 0.29) is 0 Å². The van der Waals surface area contributed by atoms with E-state index in [4.69, 9.17) is 21.7 Å². The van der Waals surface area contributed by atoms with Crippen molar-refractivity contribution in [2.75, 3.05) is 26.9 Å². The van der Waals surface area contributed by atoms with Crippen molar-refractivity contribution in [2.45, 2.75) is 13.5 Å². The number of methoxy groups -OCH3 is 1. The minimum absolute atomic E-state index is 0.616. The minimum atomic E-state index is 0.616. The summed E-state index contributed by atoms with van der Waals surface area (Å²) in [5, 5.41) is 0. The Kier molecular flexibility index (Phi) is 4.52. The lowest BCUT2D eigenvalue weighted by Crippen LogP contribution is -2.09. The number of benzene rings is 1. The Bertz CT molecular complexity index is 574. The van der Waals surface area contributed by atoms with Gasteiger partial charge < -0.3 is 19.0 Å². The summed E-state index contributed by atoms with van der Waals surface area (Å²) >= 11 is 5.32. The topological polar surface area (TPSA) is 39.2 Å². The number of imidazole rings is 1. The molecule has 0 spiro atoms. The lowest BCUT2D eigenvalue weighted by Gasteiger charge is -2.06. The van der Waals surface area contributed by atoms with Crippen LogP contribution in [0.1, 0.15) is 5.56 Å². The number of aryl methyl sites for hydroxylation is 1. The molecule has 0 atom stereocenters. The van der Waals surface area contributed by atoms with Gasteiger partial charge in [0, 0.05) is 13.7 Å². The monoisotopic (exact) mass is 266 g/mol. The average Bonchev–Trinajstić information content (AvgIpc) is 2.65. The molecule has 1 heterocycles. The van der Waals surface area contributed by atoms with Crippen molar-refractivity contribution in [3.8, 4) is 0 Å². The van der Waals surface area contributed by atoms with Crippen LogP contribution in [0.2, 0.25) is 0 Å². The minimum Gasteiger partial charge on any atom is -0.382 e. The second kappa shape index (κ2) is 6.13. The number of hydrogen-bond acceptors (Lipinski definition) is 3. The second-order valence-electron chi connectivity index (χ2n) is 4.21. The summed E-state index contributed by atoms with van der Waals surface area (Å²) in [6, 6.07) is 6.27. The zero-order valence-corrected chi connectivity index (χ0v) is 11.5. The fourth-order valence-electron chi connectivity index (χ4n) is 1.88. The fraction of sp³-hybridized carbons (Fsp3) is 0.462. The summed E-state index contributed by atoms with van der Waals surface area (Å²) in [4.78, 5) is 3.20. The summed E-state index contributed by atoms with van der Waals surface area (Å²) < 4.78 is 13.2. The van der Waals surface area contributed by atoms with E-state index in [1.54, 1.807) is 7.11 Å². The standard InChI is InChI=1S/C13H18N2O2S/c1-10-3-4-11-12(9-10)15(13(18)14-11)5-6-17-8-7-16-2/h3-4,9H,5-8H2,1-2H3,(H,14,18). The lowest BCUT2D eigenvalue weighted by molar-refractivity contribution is 0.0668. The Hall–Kier alpha value is -1.17. The van der Waals surface area contributed by atoms with Gasteiger partial charge in [-0.05, 0) is 36.8 Å². The molecule has 0 aliphatic carbocycles. The van der Waals surface area contributed by atoms with Gasteiger partial charge in [-0.1, -0.05) is 6.07 Å². The van der Waals surface area contributed by atoms with Gasteiger partial charge in [0.15, 0.2) is 4.77 Å². The molecule has 0 unspecified atom stereocenters.